The van der Waals surface area contributed by atoms with Crippen molar-refractivity contribution < 1.29 is 14.3 Å². The van der Waals surface area contributed by atoms with Crippen LogP contribution in [0.25, 0.3) is 0 Å². The number of nitrogens with one attached hydrogen (secondary N) is 1. The largest absolute Gasteiger partial charge is 0.383 e. The van der Waals surface area contributed by atoms with Crippen LogP contribution < -0.4 is 5.32 Å². The Balaban J connectivity index is 2.13. The van der Waals surface area contributed by atoms with E-state index in [0.29, 0.717) is 19.7 Å². The van der Waals surface area contributed by atoms with E-state index in [1.165, 1.54) is 4.90 Å². The molecule has 1 aromatic carbocycles. The molecule has 0 saturated carbocycles. The molecule has 0 spiro atoms. The van der Waals surface area contributed by atoms with Gasteiger partial charge in [0.2, 0.25) is 0 Å². The maximum Gasteiger partial charge on any atom is 0.267 e. The van der Waals surface area contributed by atoms with Gasteiger partial charge in [-0.2, -0.15) is 0 Å². The number of benzene rings is 1. The second kappa shape index (κ2) is 7.85. The van der Waals surface area contributed by atoms with E-state index in [1.807, 2.05) is 37.4 Å². The Morgan fingerprint density at radius 1 is 1.30 bits per heavy atom. The smallest absolute Gasteiger partial charge is 0.267 e. The molecule has 23 heavy (non-hydrogen) atoms. The van der Waals surface area contributed by atoms with Crippen LogP contribution in [0.2, 0.25) is 0 Å². The first-order valence-electron chi connectivity index (χ1n) is 7.15. The summed E-state index contributed by atoms with van der Waals surface area (Å²) in [4.78, 5) is 27.6. The average molecular weight is 333 g/mol. The molecule has 7 heteroatoms. The lowest BCUT2D eigenvalue weighted by molar-refractivity contribution is -0.129. The number of ether oxygens (including phenoxy) is 1. The summed E-state index contributed by atoms with van der Waals surface area (Å²) in [5.74, 6) is -0.885. The number of carbonyl (C=O) groups excluding carboxylic acids is 2. The summed E-state index contributed by atoms with van der Waals surface area (Å²) in [6.45, 7) is 1.23. The zero-order chi connectivity index (χ0) is 16.8. The number of hydrogen-bond donors (Lipinski definition) is 1. The molecular weight excluding hydrogens is 314 g/mol. The van der Waals surface area contributed by atoms with Crippen molar-refractivity contribution in [2.45, 2.75) is 6.54 Å². The van der Waals surface area contributed by atoms with Crippen LogP contribution in [0.1, 0.15) is 5.56 Å². The van der Waals surface area contributed by atoms with Crippen LogP contribution in [-0.4, -0.2) is 54.0 Å². The molecule has 0 bridgehead atoms. The molecule has 1 heterocycles. The van der Waals surface area contributed by atoms with Crippen molar-refractivity contribution in [3.63, 3.8) is 0 Å². The van der Waals surface area contributed by atoms with Gasteiger partial charge in [-0.25, -0.2) is 0 Å². The molecular formula is C16H19N3O3S. The fourth-order valence-electron chi connectivity index (χ4n) is 2.20. The summed E-state index contributed by atoms with van der Waals surface area (Å²) >= 11 is 5.04. The van der Waals surface area contributed by atoms with Gasteiger partial charge in [0.15, 0.2) is 5.11 Å². The Morgan fingerprint density at radius 2 is 2.00 bits per heavy atom. The number of amides is 2. The minimum Gasteiger partial charge on any atom is -0.383 e. The molecule has 2 rings (SSSR count). The highest BCUT2D eigenvalue weighted by Crippen LogP contribution is 2.12. The third-order valence-electron chi connectivity index (χ3n) is 3.33. The fraction of sp³-hybridized carbons (Fsp3) is 0.312. The first-order valence-corrected chi connectivity index (χ1v) is 7.56. The van der Waals surface area contributed by atoms with Crippen molar-refractivity contribution >= 4 is 29.1 Å². The fourth-order valence-corrected chi connectivity index (χ4v) is 2.47. The lowest BCUT2D eigenvalue weighted by Gasteiger charge is -2.29. The Morgan fingerprint density at radius 3 is 2.65 bits per heavy atom. The molecule has 0 unspecified atom stereocenters. The lowest BCUT2D eigenvalue weighted by Crippen LogP contribution is -2.55. The first-order chi connectivity index (χ1) is 11.0. The highest BCUT2D eigenvalue weighted by Gasteiger charge is 2.33. The van der Waals surface area contributed by atoms with E-state index < -0.39 is 11.8 Å². The Hall–Kier alpha value is -2.25. The monoisotopic (exact) mass is 333 g/mol. The van der Waals surface area contributed by atoms with E-state index >= 15 is 0 Å². The Bertz CT molecular complexity index is 631. The predicted octanol–water partition coefficient (Wildman–Crippen LogP) is 0.892. The first kappa shape index (κ1) is 17.1. The van der Waals surface area contributed by atoms with Gasteiger partial charge in [-0.1, -0.05) is 30.3 Å². The summed E-state index contributed by atoms with van der Waals surface area (Å²) < 4.78 is 4.97. The van der Waals surface area contributed by atoms with Gasteiger partial charge >= 0.3 is 0 Å². The van der Waals surface area contributed by atoms with Crippen LogP contribution in [0.3, 0.4) is 0 Å². The van der Waals surface area contributed by atoms with Crippen LogP contribution in [0.4, 0.5) is 0 Å². The van der Waals surface area contributed by atoms with Crippen molar-refractivity contribution in [3.8, 4) is 0 Å². The number of carbonyl (C=O) groups is 2. The third-order valence-corrected chi connectivity index (χ3v) is 3.65. The van der Waals surface area contributed by atoms with E-state index in [0.717, 1.165) is 5.56 Å². The zero-order valence-corrected chi connectivity index (χ0v) is 13.9. The van der Waals surface area contributed by atoms with Gasteiger partial charge in [0.25, 0.3) is 11.8 Å². The molecule has 6 nitrogen and oxygen atoms in total. The van der Waals surface area contributed by atoms with E-state index in [-0.39, 0.29) is 10.7 Å². The van der Waals surface area contributed by atoms with E-state index in [2.05, 4.69) is 5.32 Å². The maximum absolute atomic E-state index is 12.5. The maximum atomic E-state index is 12.5. The van der Waals surface area contributed by atoms with Crippen LogP contribution in [0, 0.1) is 0 Å². The summed E-state index contributed by atoms with van der Waals surface area (Å²) in [5.41, 5.74) is 1.15. The highest BCUT2D eigenvalue weighted by molar-refractivity contribution is 7.80. The molecule has 1 saturated heterocycles. The highest BCUT2D eigenvalue weighted by atomic mass is 32.1. The SMILES string of the molecule is COCCN1C(=O)C(=CN(C)Cc2ccccc2)C(=O)NC1=S. The van der Waals surface area contributed by atoms with Crippen molar-refractivity contribution in [2.75, 3.05) is 27.3 Å². The minimum atomic E-state index is -0.478. The van der Waals surface area contributed by atoms with Crippen LogP contribution in [0.5, 0.6) is 0 Å². The number of methoxy groups -OCH3 is 1. The van der Waals surface area contributed by atoms with Crippen molar-refractivity contribution in [2.24, 2.45) is 0 Å². The molecule has 122 valence electrons. The quantitative estimate of drug-likeness (QED) is 0.476. The van der Waals surface area contributed by atoms with Gasteiger partial charge in [-0.15, -0.1) is 0 Å². The molecule has 1 N–H and O–H groups in total. The zero-order valence-electron chi connectivity index (χ0n) is 13.1. The molecule has 0 atom stereocenters. The molecule has 0 aromatic heterocycles. The molecule has 0 aliphatic carbocycles. The van der Waals surface area contributed by atoms with Gasteiger partial charge < -0.3 is 9.64 Å². The minimum absolute atomic E-state index is 0.0631. The number of nitrogens with zero attached hydrogens (tertiary/aromatic N) is 2. The lowest BCUT2D eigenvalue weighted by atomic mass is 10.1. The summed E-state index contributed by atoms with van der Waals surface area (Å²) in [7, 11) is 3.35. The third kappa shape index (κ3) is 4.37. The van der Waals surface area contributed by atoms with Crippen molar-refractivity contribution in [3.05, 3.63) is 47.7 Å². The van der Waals surface area contributed by atoms with E-state index in [1.54, 1.807) is 18.2 Å². The molecule has 0 radical (unpaired) electrons. The second-order valence-corrected chi connectivity index (χ2v) is 5.54. The topological polar surface area (TPSA) is 61.9 Å². The Kier molecular flexibility index (Phi) is 5.84. The van der Waals surface area contributed by atoms with Gasteiger partial charge in [0.05, 0.1) is 13.2 Å². The van der Waals surface area contributed by atoms with Gasteiger partial charge in [0.1, 0.15) is 5.57 Å². The molecule has 1 aromatic rings. The number of hydrogen-bond acceptors (Lipinski definition) is 5. The standard InChI is InChI=1S/C16H19N3O3S/c1-18(10-12-6-4-3-5-7-12)11-13-14(20)17-16(23)19(15(13)21)8-9-22-2/h3-7,11H,8-10H2,1-2H3,(H,17,20,23). The molecule has 1 fully saturated rings. The predicted molar refractivity (Wildman–Crippen MR) is 90.3 cm³/mol. The van der Waals surface area contributed by atoms with Gasteiger partial charge in [0, 0.05) is 26.9 Å². The summed E-state index contributed by atoms with van der Waals surface area (Å²) in [5, 5.41) is 2.65. The normalized spacial score (nSPS) is 16.7. The summed E-state index contributed by atoms with van der Waals surface area (Å²) in [6, 6.07) is 9.80. The number of rotatable bonds is 6. The second-order valence-electron chi connectivity index (χ2n) is 5.15. The van der Waals surface area contributed by atoms with Crippen LogP contribution in [-0.2, 0) is 20.9 Å². The van der Waals surface area contributed by atoms with Crippen LogP contribution in [0.15, 0.2) is 42.1 Å². The van der Waals surface area contributed by atoms with Crippen molar-refractivity contribution in [1.29, 1.82) is 0 Å². The molecule has 1 aliphatic rings. The van der Waals surface area contributed by atoms with Crippen LogP contribution >= 0.6 is 12.2 Å². The van der Waals surface area contributed by atoms with Gasteiger partial charge in [-0.3, -0.25) is 19.8 Å². The molecule has 2 amide bonds. The summed E-state index contributed by atoms with van der Waals surface area (Å²) in [6.07, 6.45) is 1.55. The number of thiocarbonyl (C=S) groups is 1. The van der Waals surface area contributed by atoms with Gasteiger partial charge in [-0.05, 0) is 17.8 Å². The van der Waals surface area contributed by atoms with E-state index in [9.17, 15) is 9.59 Å². The average Bonchev–Trinajstić information content (AvgIpc) is 2.52. The molecule has 1 aliphatic heterocycles. The van der Waals surface area contributed by atoms with E-state index in [4.69, 9.17) is 17.0 Å². The Labute approximate surface area is 140 Å². The van der Waals surface area contributed by atoms with Crippen molar-refractivity contribution in [1.82, 2.24) is 15.1 Å².